The van der Waals surface area contributed by atoms with Crippen LogP contribution in [0.25, 0.3) is 11.1 Å². The maximum absolute atomic E-state index is 12.2. The third-order valence-electron chi connectivity index (χ3n) is 4.08. The number of nitrogens with one attached hydrogen (secondary N) is 1. The minimum atomic E-state index is -0.113. The van der Waals surface area contributed by atoms with E-state index in [-0.39, 0.29) is 5.56 Å². The van der Waals surface area contributed by atoms with Crippen LogP contribution in [0.2, 0.25) is 0 Å². The van der Waals surface area contributed by atoms with Crippen LogP contribution in [0.5, 0.6) is 0 Å². The van der Waals surface area contributed by atoms with Crippen molar-refractivity contribution in [3.63, 3.8) is 0 Å². The fourth-order valence-electron chi connectivity index (χ4n) is 2.76. The number of hydrogen-bond donors (Lipinski definition) is 1. The normalized spacial score (nSPS) is 14.8. The Morgan fingerprint density at radius 3 is 2.60 bits per heavy atom. The van der Waals surface area contributed by atoms with E-state index >= 15 is 0 Å². The quantitative estimate of drug-likeness (QED) is 0.911. The number of benzene rings is 1. The van der Waals surface area contributed by atoms with Gasteiger partial charge in [0.05, 0.1) is 17.4 Å². The standard InChI is InChI=1S/C16H19N3O/c1-11-5-6-13(9-12(11)2)15-14(10-17-18-16(15)20)19-7-3-4-8-19/h5-6,9-10H,3-4,7-8H2,1-2H3,(H,18,20). The number of H-pyrrole nitrogens is 1. The molecule has 0 amide bonds. The van der Waals surface area contributed by atoms with Gasteiger partial charge in [-0.25, -0.2) is 5.10 Å². The molecule has 0 bridgehead atoms. The molecular formula is C16H19N3O. The molecule has 2 aromatic rings. The van der Waals surface area contributed by atoms with Crippen LogP contribution in [0.1, 0.15) is 24.0 Å². The van der Waals surface area contributed by atoms with Gasteiger partial charge < -0.3 is 4.90 Å². The molecule has 0 spiro atoms. The Bertz CT molecular complexity index is 684. The van der Waals surface area contributed by atoms with Crippen LogP contribution in [-0.4, -0.2) is 23.3 Å². The molecule has 1 aliphatic heterocycles. The van der Waals surface area contributed by atoms with Gasteiger partial charge in [0, 0.05) is 13.1 Å². The van der Waals surface area contributed by atoms with Gasteiger partial charge in [0.15, 0.2) is 0 Å². The van der Waals surface area contributed by atoms with E-state index in [9.17, 15) is 4.79 Å². The molecule has 2 heterocycles. The predicted octanol–water partition coefficient (Wildman–Crippen LogP) is 2.65. The van der Waals surface area contributed by atoms with Crippen LogP contribution in [0, 0.1) is 13.8 Å². The van der Waals surface area contributed by atoms with Gasteiger partial charge in [0.2, 0.25) is 0 Å². The van der Waals surface area contributed by atoms with Crippen LogP contribution in [-0.2, 0) is 0 Å². The summed E-state index contributed by atoms with van der Waals surface area (Å²) >= 11 is 0. The summed E-state index contributed by atoms with van der Waals surface area (Å²) in [6, 6.07) is 6.17. The third kappa shape index (κ3) is 2.22. The maximum Gasteiger partial charge on any atom is 0.274 e. The van der Waals surface area contributed by atoms with Gasteiger partial charge in [-0.2, -0.15) is 5.10 Å². The van der Waals surface area contributed by atoms with E-state index in [2.05, 4.69) is 41.1 Å². The Balaban J connectivity index is 2.16. The molecule has 1 aromatic carbocycles. The topological polar surface area (TPSA) is 49.0 Å². The highest BCUT2D eigenvalue weighted by Crippen LogP contribution is 2.30. The van der Waals surface area contributed by atoms with E-state index in [1.807, 2.05) is 6.07 Å². The van der Waals surface area contributed by atoms with Crippen molar-refractivity contribution >= 4 is 5.69 Å². The number of rotatable bonds is 2. The Hall–Kier alpha value is -2.10. The molecule has 0 atom stereocenters. The molecule has 1 N–H and O–H groups in total. The highest BCUT2D eigenvalue weighted by molar-refractivity contribution is 5.77. The molecule has 0 aliphatic carbocycles. The summed E-state index contributed by atoms with van der Waals surface area (Å²) < 4.78 is 0. The SMILES string of the molecule is Cc1ccc(-c2c(N3CCCC3)cn[nH]c2=O)cc1C. The van der Waals surface area contributed by atoms with E-state index in [0.717, 1.165) is 29.9 Å². The van der Waals surface area contributed by atoms with Crippen molar-refractivity contribution in [3.05, 3.63) is 45.9 Å². The Morgan fingerprint density at radius 1 is 1.15 bits per heavy atom. The third-order valence-corrected chi connectivity index (χ3v) is 4.08. The van der Waals surface area contributed by atoms with E-state index in [0.29, 0.717) is 0 Å². The summed E-state index contributed by atoms with van der Waals surface area (Å²) in [5, 5.41) is 6.54. The first-order valence-electron chi connectivity index (χ1n) is 7.07. The van der Waals surface area contributed by atoms with Crippen LogP contribution in [0.15, 0.2) is 29.2 Å². The number of aromatic nitrogens is 2. The monoisotopic (exact) mass is 269 g/mol. The zero-order valence-electron chi connectivity index (χ0n) is 11.9. The lowest BCUT2D eigenvalue weighted by molar-refractivity contribution is 0.924. The van der Waals surface area contributed by atoms with Crippen LogP contribution in [0.4, 0.5) is 5.69 Å². The van der Waals surface area contributed by atoms with Crippen LogP contribution >= 0.6 is 0 Å². The molecule has 4 heteroatoms. The van der Waals surface area contributed by atoms with Crippen LogP contribution < -0.4 is 10.5 Å². The van der Waals surface area contributed by atoms with Gasteiger partial charge in [-0.05, 0) is 43.4 Å². The molecule has 0 unspecified atom stereocenters. The lowest BCUT2D eigenvalue weighted by atomic mass is 10.0. The first kappa shape index (κ1) is 12.9. The Labute approximate surface area is 118 Å². The van der Waals surface area contributed by atoms with Crippen molar-refractivity contribution in [2.75, 3.05) is 18.0 Å². The molecule has 1 aromatic heterocycles. The minimum Gasteiger partial charge on any atom is -0.370 e. The second-order valence-corrected chi connectivity index (χ2v) is 5.45. The van der Waals surface area contributed by atoms with E-state index in [4.69, 9.17) is 0 Å². The van der Waals surface area contributed by atoms with Crippen molar-refractivity contribution in [3.8, 4) is 11.1 Å². The zero-order chi connectivity index (χ0) is 14.1. The number of anilines is 1. The summed E-state index contributed by atoms with van der Waals surface area (Å²) in [6.07, 6.45) is 4.13. The second-order valence-electron chi connectivity index (χ2n) is 5.45. The molecule has 104 valence electrons. The van der Waals surface area contributed by atoms with Crippen LogP contribution in [0.3, 0.4) is 0 Å². The molecule has 0 saturated carbocycles. The summed E-state index contributed by atoms with van der Waals surface area (Å²) in [4.78, 5) is 14.5. The summed E-state index contributed by atoms with van der Waals surface area (Å²) in [7, 11) is 0. The van der Waals surface area contributed by atoms with Crippen molar-refractivity contribution in [2.45, 2.75) is 26.7 Å². The lowest BCUT2D eigenvalue weighted by Crippen LogP contribution is -2.23. The van der Waals surface area contributed by atoms with Gasteiger partial charge in [0.25, 0.3) is 5.56 Å². The molecule has 4 nitrogen and oxygen atoms in total. The van der Waals surface area contributed by atoms with E-state index < -0.39 is 0 Å². The summed E-state index contributed by atoms with van der Waals surface area (Å²) in [5.41, 5.74) is 4.99. The second kappa shape index (κ2) is 5.12. The molecule has 3 rings (SSSR count). The fourth-order valence-corrected chi connectivity index (χ4v) is 2.76. The zero-order valence-corrected chi connectivity index (χ0v) is 11.9. The fraction of sp³-hybridized carbons (Fsp3) is 0.375. The molecule has 20 heavy (non-hydrogen) atoms. The minimum absolute atomic E-state index is 0.113. The molecular weight excluding hydrogens is 250 g/mol. The van der Waals surface area contributed by atoms with Gasteiger partial charge in [0.1, 0.15) is 0 Å². The Morgan fingerprint density at radius 2 is 1.90 bits per heavy atom. The largest absolute Gasteiger partial charge is 0.370 e. The van der Waals surface area contributed by atoms with Gasteiger partial charge in [-0.1, -0.05) is 18.2 Å². The summed E-state index contributed by atoms with van der Waals surface area (Å²) in [6.45, 7) is 6.16. The number of aryl methyl sites for hydroxylation is 2. The smallest absolute Gasteiger partial charge is 0.274 e. The van der Waals surface area contributed by atoms with Crippen molar-refractivity contribution < 1.29 is 0 Å². The number of hydrogen-bond acceptors (Lipinski definition) is 3. The van der Waals surface area contributed by atoms with E-state index in [1.54, 1.807) is 6.20 Å². The Kier molecular flexibility index (Phi) is 3.30. The maximum atomic E-state index is 12.2. The van der Waals surface area contributed by atoms with Gasteiger partial charge in [-0.3, -0.25) is 4.79 Å². The highest BCUT2D eigenvalue weighted by atomic mass is 16.1. The molecule has 1 fully saturated rings. The first-order chi connectivity index (χ1) is 9.66. The van der Waals surface area contributed by atoms with Gasteiger partial charge in [-0.15, -0.1) is 0 Å². The molecule has 1 aliphatic rings. The number of aromatic amines is 1. The van der Waals surface area contributed by atoms with Crippen molar-refractivity contribution in [1.29, 1.82) is 0 Å². The van der Waals surface area contributed by atoms with E-state index in [1.165, 1.54) is 24.0 Å². The average molecular weight is 269 g/mol. The lowest BCUT2D eigenvalue weighted by Gasteiger charge is -2.20. The number of nitrogens with zero attached hydrogens (tertiary/aromatic N) is 2. The van der Waals surface area contributed by atoms with Crippen molar-refractivity contribution in [2.24, 2.45) is 0 Å². The predicted molar refractivity (Wildman–Crippen MR) is 81.2 cm³/mol. The van der Waals surface area contributed by atoms with Crippen molar-refractivity contribution in [1.82, 2.24) is 10.2 Å². The van der Waals surface area contributed by atoms with Gasteiger partial charge >= 0.3 is 0 Å². The average Bonchev–Trinajstić information content (AvgIpc) is 2.96. The molecule has 1 saturated heterocycles. The summed E-state index contributed by atoms with van der Waals surface area (Å²) in [5.74, 6) is 0. The molecule has 0 radical (unpaired) electrons. The highest BCUT2D eigenvalue weighted by Gasteiger charge is 2.19. The first-order valence-corrected chi connectivity index (χ1v) is 7.07.